The number of piperidine rings is 1. The molecule has 25 heavy (non-hydrogen) atoms. The Morgan fingerprint density at radius 3 is 2.72 bits per heavy atom. The summed E-state index contributed by atoms with van der Waals surface area (Å²) in [5.41, 5.74) is 0. The van der Waals surface area contributed by atoms with Gasteiger partial charge in [-0.1, -0.05) is 0 Å². The van der Waals surface area contributed by atoms with Crippen LogP contribution in [0.15, 0.2) is 0 Å². The third-order valence-corrected chi connectivity index (χ3v) is 5.89. The lowest BCUT2D eigenvalue weighted by atomic mass is 9.96. The summed E-state index contributed by atoms with van der Waals surface area (Å²) in [5.74, 6) is 2.78. The molecule has 4 heterocycles. The van der Waals surface area contributed by atoms with Gasteiger partial charge in [-0.2, -0.15) is 0 Å². The molecule has 0 bridgehead atoms. The predicted octanol–water partition coefficient (Wildman–Crippen LogP) is 1.39. The first kappa shape index (κ1) is 17.0. The second-order valence-corrected chi connectivity index (χ2v) is 7.71. The number of likely N-dealkylation sites (tertiary alicyclic amines) is 1. The third kappa shape index (κ3) is 3.72. The maximum absolute atomic E-state index is 12.6. The van der Waals surface area contributed by atoms with E-state index in [4.69, 9.17) is 4.74 Å². The molecule has 0 saturated carbocycles. The number of ether oxygens (including phenoxy) is 1. The molecule has 0 aromatic carbocycles. The number of hydrogen-bond acceptors (Lipinski definition) is 5. The number of carbonyl (C=O) groups excluding carboxylic acids is 1. The quantitative estimate of drug-likeness (QED) is 0.827. The van der Waals surface area contributed by atoms with Crippen LogP contribution in [0, 0.1) is 0 Å². The average Bonchev–Trinajstić information content (AvgIpc) is 3.06. The smallest absolute Gasteiger partial charge is 0.225 e. The van der Waals surface area contributed by atoms with Crippen LogP contribution < -0.4 is 0 Å². The van der Waals surface area contributed by atoms with Crippen molar-refractivity contribution in [2.24, 2.45) is 0 Å². The normalized spacial score (nSPS) is 25.8. The van der Waals surface area contributed by atoms with E-state index in [1.807, 2.05) is 4.90 Å². The predicted molar refractivity (Wildman–Crippen MR) is 93.1 cm³/mol. The maximum atomic E-state index is 12.6. The first-order chi connectivity index (χ1) is 12.2. The Hall–Kier alpha value is -1.47. The van der Waals surface area contributed by atoms with Crippen LogP contribution in [0.3, 0.4) is 0 Å². The van der Waals surface area contributed by atoms with Crippen molar-refractivity contribution >= 4 is 5.91 Å². The fourth-order valence-electron chi connectivity index (χ4n) is 4.25. The summed E-state index contributed by atoms with van der Waals surface area (Å²) >= 11 is 0. The van der Waals surface area contributed by atoms with Gasteiger partial charge in [0.1, 0.15) is 5.82 Å². The van der Waals surface area contributed by atoms with Gasteiger partial charge in [-0.3, -0.25) is 4.79 Å². The number of carbonyl (C=O) groups is 1. The van der Waals surface area contributed by atoms with E-state index in [0.717, 1.165) is 70.1 Å². The van der Waals surface area contributed by atoms with Gasteiger partial charge >= 0.3 is 0 Å². The Morgan fingerprint density at radius 1 is 1.12 bits per heavy atom. The minimum Gasteiger partial charge on any atom is -0.378 e. The van der Waals surface area contributed by atoms with Crippen molar-refractivity contribution in [1.29, 1.82) is 0 Å². The molecule has 0 N–H and O–H groups in total. The van der Waals surface area contributed by atoms with Crippen LogP contribution in [0.4, 0.5) is 0 Å². The summed E-state index contributed by atoms with van der Waals surface area (Å²) < 4.78 is 7.98. The van der Waals surface area contributed by atoms with Gasteiger partial charge in [-0.05, 0) is 52.2 Å². The summed E-state index contributed by atoms with van der Waals surface area (Å²) in [6.45, 7) is 5.21. The highest BCUT2D eigenvalue weighted by Gasteiger charge is 2.30. The van der Waals surface area contributed by atoms with Gasteiger partial charge in [0.05, 0.1) is 19.1 Å². The minimum atomic E-state index is 0.107. The minimum absolute atomic E-state index is 0.107. The van der Waals surface area contributed by atoms with E-state index in [9.17, 15) is 4.79 Å². The molecular weight excluding hydrogens is 318 g/mol. The number of nitrogens with zero attached hydrogens (tertiary/aromatic N) is 5. The molecule has 4 rings (SSSR count). The van der Waals surface area contributed by atoms with E-state index in [2.05, 4.69) is 26.7 Å². The lowest BCUT2D eigenvalue weighted by Gasteiger charge is -2.32. The van der Waals surface area contributed by atoms with E-state index < -0.39 is 0 Å². The molecule has 1 amide bonds. The topological polar surface area (TPSA) is 63.5 Å². The average molecular weight is 347 g/mol. The van der Waals surface area contributed by atoms with Crippen LogP contribution in [0.5, 0.6) is 0 Å². The fraction of sp³-hybridized carbons (Fsp3) is 0.833. The van der Waals surface area contributed by atoms with Crippen LogP contribution in [0.1, 0.15) is 56.1 Å². The van der Waals surface area contributed by atoms with E-state index in [1.54, 1.807) is 0 Å². The number of fused-ring (bicyclic) bond motifs is 1. The first-order valence-electron chi connectivity index (χ1n) is 9.70. The standard InChI is InChI=1S/C18H29N5O2/c1-21-7-5-14(6-8-21)18-20-19-16-13-22(9-10-23(16)18)17(24)12-15-4-2-3-11-25-15/h14-15H,2-13H2,1H3. The molecule has 3 aliphatic heterocycles. The highest BCUT2D eigenvalue weighted by molar-refractivity contribution is 5.76. The second kappa shape index (κ2) is 7.41. The molecule has 3 aliphatic rings. The van der Waals surface area contributed by atoms with E-state index in [1.165, 1.54) is 6.42 Å². The summed E-state index contributed by atoms with van der Waals surface area (Å²) in [7, 11) is 2.18. The van der Waals surface area contributed by atoms with E-state index >= 15 is 0 Å². The molecule has 2 fully saturated rings. The number of rotatable bonds is 3. The molecule has 0 spiro atoms. The molecular formula is C18H29N5O2. The van der Waals surface area contributed by atoms with Gasteiger partial charge < -0.3 is 19.1 Å². The Bertz CT molecular complexity index is 603. The first-order valence-corrected chi connectivity index (χ1v) is 9.70. The van der Waals surface area contributed by atoms with E-state index in [-0.39, 0.29) is 12.0 Å². The molecule has 0 aliphatic carbocycles. The van der Waals surface area contributed by atoms with Gasteiger partial charge in [0.2, 0.25) is 5.91 Å². The van der Waals surface area contributed by atoms with Crippen molar-refractivity contribution in [3.05, 3.63) is 11.6 Å². The molecule has 1 aromatic rings. The summed E-state index contributed by atoms with van der Waals surface area (Å²) in [5, 5.41) is 8.89. The zero-order valence-electron chi connectivity index (χ0n) is 15.2. The van der Waals surface area contributed by atoms with Crippen LogP contribution in [0.2, 0.25) is 0 Å². The number of aromatic nitrogens is 3. The molecule has 1 aromatic heterocycles. The van der Waals surface area contributed by atoms with Crippen molar-refractivity contribution in [2.45, 2.75) is 63.6 Å². The summed E-state index contributed by atoms with van der Waals surface area (Å²) in [4.78, 5) is 16.9. The van der Waals surface area contributed by atoms with Crippen molar-refractivity contribution in [2.75, 3.05) is 33.3 Å². The largest absolute Gasteiger partial charge is 0.378 e. The Balaban J connectivity index is 1.38. The molecule has 7 heteroatoms. The monoisotopic (exact) mass is 347 g/mol. The Kier molecular flexibility index (Phi) is 5.03. The Labute approximate surface area is 149 Å². The van der Waals surface area contributed by atoms with Crippen molar-refractivity contribution in [3.8, 4) is 0 Å². The molecule has 0 radical (unpaired) electrons. The van der Waals surface area contributed by atoms with E-state index in [0.29, 0.717) is 18.9 Å². The zero-order chi connectivity index (χ0) is 17.2. The van der Waals surface area contributed by atoms with Crippen LogP contribution in [0.25, 0.3) is 0 Å². The Morgan fingerprint density at radius 2 is 1.96 bits per heavy atom. The molecule has 7 nitrogen and oxygen atoms in total. The maximum Gasteiger partial charge on any atom is 0.225 e. The van der Waals surface area contributed by atoms with Gasteiger partial charge in [0.25, 0.3) is 0 Å². The van der Waals surface area contributed by atoms with Crippen molar-refractivity contribution in [3.63, 3.8) is 0 Å². The lowest BCUT2D eigenvalue weighted by molar-refractivity contribution is -0.136. The highest BCUT2D eigenvalue weighted by atomic mass is 16.5. The van der Waals surface area contributed by atoms with Crippen LogP contribution in [-0.4, -0.2) is 69.9 Å². The summed E-state index contributed by atoms with van der Waals surface area (Å²) in [6.07, 6.45) is 6.22. The molecule has 2 saturated heterocycles. The SMILES string of the molecule is CN1CCC(c2nnc3n2CCN(C(=O)CC2CCCCO2)C3)CC1. The van der Waals surface area contributed by atoms with Crippen LogP contribution >= 0.6 is 0 Å². The van der Waals surface area contributed by atoms with Gasteiger partial charge in [0.15, 0.2) is 5.82 Å². The molecule has 1 atom stereocenters. The number of amides is 1. The fourth-order valence-corrected chi connectivity index (χ4v) is 4.25. The van der Waals surface area contributed by atoms with Gasteiger partial charge in [-0.15, -0.1) is 10.2 Å². The lowest BCUT2D eigenvalue weighted by Crippen LogP contribution is -2.41. The number of hydrogen-bond donors (Lipinski definition) is 0. The highest BCUT2D eigenvalue weighted by Crippen LogP contribution is 2.28. The third-order valence-electron chi connectivity index (χ3n) is 5.89. The van der Waals surface area contributed by atoms with Crippen molar-refractivity contribution < 1.29 is 9.53 Å². The van der Waals surface area contributed by atoms with Gasteiger partial charge in [0, 0.05) is 25.6 Å². The van der Waals surface area contributed by atoms with Gasteiger partial charge in [-0.25, -0.2) is 0 Å². The van der Waals surface area contributed by atoms with Crippen LogP contribution in [-0.2, 0) is 22.6 Å². The molecule has 138 valence electrons. The second-order valence-electron chi connectivity index (χ2n) is 7.71. The molecule has 1 unspecified atom stereocenters. The zero-order valence-corrected chi connectivity index (χ0v) is 15.2. The summed E-state index contributed by atoms with van der Waals surface area (Å²) in [6, 6.07) is 0. The van der Waals surface area contributed by atoms with Crippen molar-refractivity contribution in [1.82, 2.24) is 24.6 Å².